The number of morpholine rings is 1. The number of benzene rings is 2. The highest BCUT2D eigenvalue weighted by molar-refractivity contribution is 5.94. The zero-order valence-corrected chi connectivity index (χ0v) is 15.8. The molecule has 0 aromatic heterocycles. The van der Waals surface area contributed by atoms with Gasteiger partial charge in [0.05, 0.1) is 12.7 Å². The van der Waals surface area contributed by atoms with Crippen molar-refractivity contribution in [3.63, 3.8) is 0 Å². The third-order valence-electron chi connectivity index (χ3n) is 4.65. The first-order valence-corrected chi connectivity index (χ1v) is 9.38. The Morgan fingerprint density at radius 1 is 1.04 bits per heavy atom. The van der Waals surface area contributed by atoms with Crippen LogP contribution >= 0.6 is 0 Å². The van der Waals surface area contributed by atoms with E-state index in [-0.39, 0.29) is 12.0 Å². The van der Waals surface area contributed by atoms with Gasteiger partial charge < -0.3 is 21.1 Å². The van der Waals surface area contributed by atoms with Crippen LogP contribution in [0.25, 0.3) is 0 Å². The highest BCUT2D eigenvalue weighted by Gasteiger charge is 2.21. The number of hydrogen-bond acceptors (Lipinski definition) is 4. The number of carbonyl (C=O) groups excluding carboxylic acids is 2. The molecule has 7 nitrogen and oxygen atoms in total. The summed E-state index contributed by atoms with van der Waals surface area (Å²) in [5.41, 5.74) is 7.77. The fraction of sp³-hybridized carbons (Fsp3) is 0.333. The molecule has 1 atom stereocenters. The van der Waals surface area contributed by atoms with Crippen molar-refractivity contribution in [3.05, 3.63) is 71.3 Å². The second-order valence-electron chi connectivity index (χ2n) is 6.84. The standard InChI is InChI=1S/C21H26N4O3/c22-21(27)24-12-16-6-8-18(9-7-16)20(26)23-13-19-15-25(10-11-28-19)14-17-4-2-1-3-5-17/h1-9,19H,10-15H2,(H,23,26)(H3,22,24,27). The van der Waals surface area contributed by atoms with Crippen LogP contribution < -0.4 is 16.4 Å². The Kier molecular flexibility index (Phi) is 7.00. The molecule has 0 aliphatic carbocycles. The van der Waals surface area contributed by atoms with E-state index in [9.17, 15) is 9.59 Å². The van der Waals surface area contributed by atoms with Crippen molar-refractivity contribution < 1.29 is 14.3 Å². The van der Waals surface area contributed by atoms with E-state index < -0.39 is 6.03 Å². The minimum atomic E-state index is -0.574. The maximum Gasteiger partial charge on any atom is 0.312 e. The van der Waals surface area contributed by atoms with Gasteiger partial charge in [-0.15, -0.1) is 0 Å². The molecule has 1 aliphatic rings. The molecule has 2 aromatic rings. The average molecular weight is 382 g/mol. The first kappa shape index (κ1) is 19.9. The molecule has 1 unspecified atom stereocenters. The van der Waals surface area contributed by atoms with E-state index >= 15 is 0 Å². The topological polar surface area (TPSA) is 96.7 Å². The van der Waals surface area contributed by atoms with E-state index in [1.165, 1.54) is 5.56 Å². The van der Waals surface area contributed by atoms with E-state index in [2.05, 4.69) is 27.7 Å². The summed E-state index contributed by atoms with van der Waals surface area (Å²) >= 11 is 0. The molecular weight excluding hydrogens is 356 g/mol. The number of nitrogens with one attached hydrogen (secondary N) is 2. The largest absolute Gasteiger partial charge is 0.374 e. The van der Waals surface area contributed by atoms with Crippen LogP contribution in [-0.2, 0) is 17.8 Å². The molecule has 2 aromatic carbocycles. The maximum absolute atomic E-state index is 12.4. The van der Waals surface area contributed by atoms with Crippen LogP contribution in [0.2, 0.25) is 0 Å². The van der Waals surface area contributed by atoms with Crippen molar-refractivity contribution in [3.8, 4) is 0 Å². The van der Waals surface area contributed by atoms with Crippen molar-refractivity contribution in [2.75, 3.05) is 26.2 Å². The van der Waals surface area contributed by atoms with Crippen LogP contribution in [0.1, 0.15) is 21.5 Å². The molecule has 4 N–H and O–H groups in total. The highest BCUT2D eigenvalue weighted by atomic mass is 16.5. The molecule has 0 radical (unpaired) electrons. The number of hydrogen-bond donors (Lipinski definition) is 3. The zero-order valence-electron chi connectivity index (χ0n) is 15.8. The number of ether oxygens (including phenoxy) is 1. The molecule has 1 heterocycles. The summed E-state index contributed by atoms with van der Waals surface area (Å²) < 4.78 is 5.80. The summed E-state index contributed by atoms with van der Waals surface area (Å²) in [5.74, 6) is -0.141. The molecule has 3 amide bonds. The molecule has 0 spiro atoms. The summed E-state index contributed by atoms with van der Waals surface area (Å²) in [5, 5.41) is 5.46. The van der Waals surface area contributed by atoms with E-state index in [1.807, 2.05) is 18.2 Å². The average Bonchev–Trinajstić information content (AvgIpc) is 2.72. The SMILES string of the molecule is NC(=O)NCc1ccc(C(=O)NCC2CN(Cc3ccccc3)CCO2)cc1. The molecule has 0 saturated carbocycles. The molecular formula is C21H26N4O3. The van der Waals surface area contributed by atoms with E-state index in [0.29, 0.717) is 25.3 Å². The molecule has 1 saturated heterocycles. The lowest BCUT2D eigenvalue weighted by atomic mass is 10.1. The van der Waals surface area contributed by atoms with Crippen LogP contribution in [0, 0.1) is 0 Å². The van der Waals surface area contributed by atoms with Crippen molar-refractivity contribution in [2.45, 2.75) is 19.2 Å². The van der Waals surface area contributed by atoms with Gasteiger partial charge in [0.15, 0.2) is 0 Å². The summed E-state index contributed by atoms with van der Waals surface area (Å²) in [6.45, 7) is 4.02. The van der Waals surface area contributed by atoms with Gasteiger partial charge in [-0.25, -0.2) is 4.79 Å². The van der Waals surface area contributed by atoms with Crippen molar-refractivity contribution >= 4 is 11.9 Å². The number of nitrogens with two attached hydrogens (primary N) is 1. The minimum Gasteiger partial charge on any atom is -0.374 e. The molecule has 148 valence electrons. The normalized spacial score (nSPS) is 17.1. The number of rotatable bonds is 7. The number of amides is 3. The first-order chi connectivity index (χ1) is 13.6. The smallest absolute Gasteiger partial charge is 0.312 e. The second-order valence-corrected chi connectivity index (χ2v) is 6.84. The van der Waals surface area contributed by atoms with Gasteiger partial charge in [-0.05, 0) is 23.3 Å². The Hall–Kier alpha value is -2.90. The third-order valence-corrected chi connectivity index (χ3v) is 4.65. The monoisotopic (exact) mass is 382 g/mol. The predicted molar refractivity (Wildman–Crippen MR) is 107 cm³/mol. The number of nitrogens with zero attached hydrogens (tertiary/aromatic N) is 1. The third kappa shape index (κ3) is 6.07. The molecule has 1 fully saturated rings. The Bertz CT molecular complexity index is 780. The molecule has 7 heteroatoms. The Balaban J connectivity index is 1.45. The lowest BCUT2D eigenvalue weighted by Crippen LogP contribution is -2.47. The van der Waals surface area contributed by atoms with E-state index in [0.717, 1.165) is 25.2 Å². The fourth-order valence-corrected chi connectivity index (χ4v) is 3.16. The van der Waals surface area contributed by atoms with Gasteiger partial charge in [0.1, 0.15) is 0 Å². The molecule has 1 aliphatic heterocycles. The lowest BCUT2D eigenvalue weighted by molar-refractivity contribution is -0.0292. The Labute approximate surface area is 164 Å². The number of carbonyl (C=O) groups is 2. The van der Waals surface area contributed by atoms with Gasteiger partial charge in [-0.2, -0.15) is 0 Å². The van der Waals surface area contributed by atoms with Crippen molar-refractivity contribution in [1.29, 1.82) is 0 Å². The summed E-state index contributed by atoms with van der Waals surface area (Å²) in [6.07, 6.45) is -0.0274. The zero-order chi connectivity index (χ0) is 19.8. The fourth-order valence-electron chi connectivity index (χ4n) is 3.16. The molecule has 28 heavy (non-hydrogen) atoms. The summed E-state index contributed by atoms with van der Waals surface area (Å²) in [7, 11) is 0. The van der Waals surface area contributed by atoms with Crippen LogP contribution in [0.3, 0.4) is 0 Å². The van der Waals surface area contributed by atoms with Crippen molar-refractivity contribution in [2.24, 2.45) is 5.73 Å². The van der Waals surface area contributed by atoms with Gasteiger partial charge in [0.2, 0.25) is 0 Å². The van der Waals surface area contributed by atoms with Gasteiger partial charge in [0.25, 0.3) is 5.91 Å². The quantitative estimate of drug-likeness (QED) is 0.676. The lowest BCUT2D eigenvalue weighted by Gasteiger charge is -2.33. The van der Waals surface area contributed by atoms with Crippen molar-refractivity contribution in [1.82, 2.24) is 15.5 Å². The Morgan fingerprint density at radius 2 is 1.79 bits per heavy atom. The van der Waals surface area contributed by atoms with Gasteiger partial charge in [-0.3, -0.25) is 9.69 Å². The summed E-state index contributed by atoms with van der Waals surface area (Å²) in [4.78, 5) is 25.5. The predicted octanol–water partition coefficient (Wildman–Crippen LogP) is 1.49. The van der Waals surface area contributed by atoms with Gasteiger partial charge in [-0.1, -0.05) is 42.5 Å². The number of primary amides is 1. The minimum absolute atomic E-state index is 0.0274. The summed E-state index contributed by atoms with van der Waals surface area (Å²) in [6, 6.07) is 16.8. The van der Waals surface area contributed by atoms with Gasteiger partial charge >= 0.3 is 6.03 Å². The number of urea groups is 1. The first-order valence-electron chi connectivity index (χ1n) is 9.38. The molecule has 3 rings (SSSR count). The van der Waals surface area contributed by atoms with E-state index in [1.54, 1.807) is 24.3 Å². The van der Waals surface area contributed by atoms with E-state index in [4.69, 9.17) is 10.5 Å². The maximum atomic E-state index is 12.4. The second kappa shape index (κ2) is 9.87. The Morgan fingerprint density at radius 3 is 2.50 bits per heavy atom. The van der Waals surface area contributed by atoms with Crippen LogP contribution in [0.5, 0.6) is 0 Å². The highest BCUT2D eigenvalue weighted by Crippen LogP contribution is 2.10. The van der Waals surface area contributed by atoms with Gasteiger partial charge in [0, 0.05) is 38.3 Å². The molecule has 0 bridgehead atoms. The van der Waals surface area contributed by atoms with Crippen LogP contribution in [-0.4, -0.2) is 49.2 Å². The van der Waals surface area contributed by atoms with Crippen LogP contribution in [0.4, 0.5) is 4.79 Å². The van der Waals surface area contributed by atoms with Crippen LogP contribution in [0.15, 0.2) is 54.6 Å².